The second kappa shape index (κ2) is 5.64. The summed E-state index contributed by atoms with van der Waals surface area (Å²) in [6, 6.07) is 4.81. The SMILES string of the molecule is COc1ccc(CN2CC3(CCNCC3)CC2=O)c(F)c1. The fraction of sp³-hybridized carbons (Fsp3) is 0.562. The summed E-state index contributed by atoms with van der Waals surface area (Å²) in [6.45, 7) is 3.04. The van der Waals surface area contributed by atoms with Crippen LogP contribution in [0.3, 0.4) is 0 Å². The first-order valence-corrected chi connectivity index (χ1v) is 7.43. The summed E-state index contributed by atoms with van der Waals surface area (Å²) in [5, 5.41) is 3.33. The maximum atomic E-state index is 14.0. The summed E-state index contributed by atoms with van der Waals surface area (Å²) in [4.78, 5) is 14.0. The molecule has 2 aliphatic rings. The normalized spacial score (nSPS) is 21.0. The Kier molecular flexibility index (Phi) is 3.85. The summed E-state index contributed by atoms with van der Waals surface area (Å²) in [7, 11) is 1.51. The molecule has 5 heteroatoms. The number of rotatable bonds is 3. The Labute approximate surface area is 124 Å². The molecule has 2 aliphatic heterocycles. The number of carbonyl (C=O) groups is 1. The van der Waals surface area contributed by atoms with E-state index in [1.54, 1.807) is 17.0 Å². The van der Waals surface area contributed by atoms with Crippen LogP contribution < -0.4 is 10.1 Å². The van der Waals surface area contributed by atoms with E-state index in [1.165, 1.54) is 13.2 Å². The highest BCUT2D eigenvalue weighted by molar-refractivity contribution is 5.79. The smallest absolute Gasteiger partial charge is 0.223 e. The standard InChI is InChI=1S/C16H21FN2O2/c1-21-13-3-2-12(14(17)8-13)10-19-11-16(9-15(19)20)4-6-18-7-5-16/h2-3,8,18H,4-7,9-11H2,1H3. The van der Waals surface area contributed by atoms with E-state index in [0.717, 1.165) is 32.5 Å². The van der Waals surface area contributed by atoms with Crippen molar-refractivity contribution in [3.05, 3.63) is 29.6 Å². The van der Waals surface area contributed by atoms with E-state index in [1.807, 2.05) is 0 Å². The second-order valence-corrected chi connectivity index (χ2v) is 6.13. The van der Waals surface area contributed by atoms with Gasteiger partial charge in [0.1, 0.15) is 11.6 Å². The molecule has 1 spiro atoms. The zero-order chi connectivity index (χ0) is 14.9. The monoisotopic (exact) mass is 292 g/mol. The summed E-state index contributed by atoms with van der Waals surface area (Å²) in [5.41, 5.74) is 0.654. The lowest BCUT2D eigenvalue weighted by atomic mass is 9.78. The summed E-state index contributed by atoms with van der Waals surface area (Å²) >= 11 is 0. The van der Waals surface area contributed by atoms with Gasteiger partial charge in [0.25, 0.3) is 0 Å². The first-order chi connectivity index (χ1) is 10.1. The second-order valence-electron chi connectivity index (χ2n) is 6.13. The zero-order valence-corrected chi connectivity index (χ0v) is 12.3. The van der Waals surface area contributed by atoms with Crippen LogP contribution >= 0.6 is 0 Å². The molecule has 114 valence electrons. The van der Waals surface area contributed by atoms with Gasteiger partial charge < -0.3 is 15.0 Å². The summed E-state index contributed by atoms with van der Waals surface area (Å²) in [5.74, 6) is 0.333. The maximum Gasteiger partial charge on any atom is 0.223 e. The van der Waals surface area contributed by atoms with Crippen LogP contribution in [0.25, 0.3) is 0 Å². The quantitative estimate of drug-likeness (QED) is 0.925. The Hall–Kier alpha value is -1.62. The molecule has 0 aromatic heterocycles. The van der Waals surface area contributed by atoms with E-state index in [0.29, 0.717) is 24.3 Å². The molecule has 0 bridgehead atoms. The van der Waals surface area contributed by atoms with Crippen molar-refractivity contribution < 1.29 is 13.9 Å². The lowest BCUT2D eigenvalue weighted by Gasteiger charge is -2.33. The summed E-state index contributed by atoms with van der Waals surface area (Å²) < 4.78 is 19.0. The minimum atomic E-state index is -0.312. The Balaban J connectivity index is 1.72. The van der Waals surface area contributed by atoms with Crippen LogP contribution in [0.5, 0.6) is 5.75 Å². The minimum absolute atomic E-state index is 0.102. The lowest BCUT2D eigenvalue weighted by molar-refractivity contribution is -0.128. The van der Waals surface area contributed by atoms with Crippen molar-refractivity contribution in [1.82, 2.24) is 10.2 Å². The van der Waals surface area contributed by atoms with Gasteiger partial charge >= 0.3 is 0 Å². The predicted molar refractivity (Wildman–Crippen MR) is 77.5 cm³/mol. The van der Waals surface area contributed by atoms with E-state index in [-0.39, 0.29) is 17.1 Å². The van der Waals surface area contributed by atoms with E-state index in [4.69, 9.17) is 4.74 Å². The molecule has 1 amide bonds. The molecule has 0 saturated carbocycles. The Morgan fingerprint density at radius 3 is 2.81 bits per heavy atom. The van der Waals surface area contributed by atoms with Crippen molar-refractivity contribution >= 4 is 5.91 Å². The van der Waals surface area contributed by atoms with Gasteiger partial charge in [0.05, 0.1) is 7.11 Å². The van der Waals surface area contributed by atoms with E-state index in [2.05, 4.69) is 5.32 Å². The van der Waals surface area contributed by atoms with Crippen molar-refractivity contribution in [3.8, 4) is 5.75 Å². The number of carbonyl (C=O) groups excluding carboxylic acids is 1. The van der Waals surface area contributed by atoms with Crippen LogP contribution in [-0.2, 0) is 11.3 Å². The first-order valence-electron chi connectivity index (χ1n) is 7.43. The largest absolute Gasteiger partial charge is 0.497 e. The van der Waals surface area contributed by atoms with Crippen molar-refractivity contribution in [2.24, 2.45) is 5.41 Å². The number of hydrogen-bond acceptors (Lipinski definition) is 3. The molecule has 1 aromatic carbocycles. The molecule has 2 saturated heterocycles. The topological polar surface area (TPSA) is 41.6 Å². The van der Waals surface area contributed by atoms with Crippen LogP contribution in [0.1, 0.15) is 24.8 Å². The zero-order valence-electron chi connectivity index (χ0n) is 12.3. The first kappa shape index (κ1) is 14.3. The number of nitrogens with one attached hydrogen (secondary N) is 1. The third-order valence-corrected chi connectivity index (χ3v) is 4.69. The van der Waals surface area contributed by atoms with Crippen molar-refractivity contribution in [1.29, 1.82) is 0 Å². The molecular weight excluding hydrogens is 271 g/mol. The highest BCUT2D eigenvalue weighted by atomic mass is 19.1. The fourth-order valence-electron chi connectivity index (χ4n) is 3.41. The van der Waals surface area contributed by atoms with Gasteiger partial charge in [-0.05, 0) is 37.4 Å². The fourth-order valence-corrected chi connectivity index (χ4v) is 3.41. The Bertz CT molecular complexity index is 541. The average Bonchev–Trinajstić information content (AvgIpc) is 2.77. The van der Waals surface area contributed by atoms with E-state index in [9.17, 15) is 9.18 Å². The molecule has 0 unspecified atom stereocenters. The Morgan fingerprint density at radius 1 is 1.38 bits per heavy atom. The molecule has 1 N–H and O–H groups in total. The number of halogens is 1. The van der Waals surface area contributed by atoms with Crippen molar-refractivity contribution in [2.45, 2.75) is 25.8 Å². The lowest BCUT2D eigenvalue weighted by Crippen LogP contribution is -2.38. The van der Waals surface area contributed by atoms with Gasteiger partial charge in [-0.15, -0.1) is 0 Å². The van der Waals surface area contributed by atoms with Gasteiger partial charge in [0.15, 0.2) is 0 Å². The Morgan fingerprint density at radius 2 is 2.14 bits per heavy atom. The van der Waals surface area contributed by atoms with Gasteiger partial charge in [0.2, 0.25) is 5.91 Å². The molecule has 0 aliphatic carbocycles. The van der Waals surface area contributed by atoms with Gasteiger partial charge in [-0.1, -0.05) is 6.07 Å². The number of methoxy groups -OCH3 is 1. The highest BCUT2D eigenvalue weighted by Crippen LogP contribution is 2.39. The highest BCUT2D eigenvalue weighted by Gasteiger charge is 2.43. The van der Waals surface area contributed by atoms with Crippen LogP contribution in [-0.4, -0.2) is 37.6 Å². The van der Waals surface area contributed by atoms with Gasteiger partial charge in [-0.25, -0.2) is 4.39 Å². The molecule has 21 heavy (non-hydrogen) atoms. The molecule has 2 fully saturated rings. The summed E-state index contributed by atoms with van der Waals surface area (Å²) in [6.07, 6.45) is 2.66. The average molecular weight is 292 g/mol. The van der Waals surface area contributed by atoms with Crippen molar-refractivity contribution in [3.63, 3.8) is 0 Å². The van der Waals surface area contributed by atoms with Gasteiger partial charge in [-0.2, -0.15) is 0 Å². The van der Waals surface area contributed by atoms with Crippen LogP contribution in [0.15, 0.2) is 18.2 Å². The van der Waals surface area contributed by atoms with Gasteiger partial charge in [-0.3, -0.25) is 4.79 Å². The van der Waals surface area contributed by atoms with E-state index < -0.39 is 0 Å². The molecule has 4 nitrogen and oxygen atoms in total. The molecule has 3 rings (SSSR count). The molecule has 2 heterocycles. The number of piperidine rings is 1. The minimum Gasteiger partial charge on any atom is -0.497 e. The number of hydrogen-bond donors (Lipinski definition) is 1. The third kappa shape index (κ3) is 2.88. The third-order valence-electron chi connectivity index (χ3n) is 4.69. The number of benzene rings is 1. The van der Waals surface area contributed by atoms with Crippen LogP contribution in [0.4, 0.5) is 4.39 Å². The van der Waals surface area contributed by atoms with Gasteiger partial charge in [0, 0.05) is 31.1 Å². The molecule has 0 atom stereocenters. The van der Waals surface area contributed by atoms with Crippen molar-refractivity contribution in [2.75, 3.05) is 26.7 Å². The van der Waals surface area contributed by atoms with Crippen LogP contribution in [0.2, 0.25) is 0 Å². The number of nitrogens with zero attached hydrogens (tertiary/aromatic N) is 1. The number of ether oxygens (including phenoxy) is 1. The molecular formula is C16H21FN2O2. The predicted octanol–water partition coefficient (Wildman–Crippen LogP) is 1.94. The number of likely N-dealkylation sites (tertiary alicyclic amines) is 1. The maximum absolute atomic E-state index is 14.0. The molecule has 0 radical (unpaired) electrons. The van der Waals surface area contributed by atoms with Crippen LogP contribution in [0, 0.1) is 11.2 Å². The van der Waals surface area contributed by atoms with E-state index >= 15 is 0 Å². The number of amides is 1. The molecule has 1 aromatic rings.